The molecule has 41 heavy (non-hydrogen) atoms. The molecular weight excluding hydrogens is 559 g/mol. The number of halogens is 3. The van der Waals surface area contributed by atoms with Crippen LogP contribution in [0.3, 0.4) is 0 Å². The molecule has 2 amide bonds. The van der Waals surface area contributed by atoms with E-state index in [0.29, 0.717) is 34.7 Å². The Bertz CT molecular complexity index is 1450. The van der Waals surface area contributed by atoms with Gasteiger partial charge in [0.2, 0.25) is 11.8 Å². The molecule has 0 unspecified atom stereocenters. The fraction of sp³-hybridized carbons (Fsp3) is 0.310. The van der Waals surface area contributed by atoms with E-state index in [0.717, 1.165) is 12.1 Å². The molecule has 3 aromatic carbocycles. The summed E-state index contributed by atoms with van der Waals surface area (Å²) in [6.07, 6.45) is -4.09. The third kappa shape index (κ3) is 8.00. The van der Waals surface area contributed by atoms with Crippen molar-refractivity contribution in [2.45, 2.75) is 43.9 Å². The minimum atomic E-state index is -4.74. The van der Waals surface area contributed by atoms with Crippen LogP contribution in [0.5, 0.6) is 5.75 Å². The largest absolute Gasteiger partial charge is 0.497 e. The first-order valence-electron chi connectivity index (χ1n) is 12.8. The Morgan fingerprint density at radius 2 is 1.66 bits per heavy atom. The molecule has 0 heterocycles. The number of nitrogens with zero attached hydrogens (tertiary/aromatic N) is 2. The first-order chi connectivity index (χ1) is 19.4. The Kier molecular flexibility index (Phi) is 10.4. The zero-order chi connectivity index (χ0) is 30.2. The Labute approximate surface area is 237 Å². The number of sulfonamides is 1. The maximum atomic E-state index is 13.9. The van der Waals surface area contributed by atoms with Crippen molar-refractivity contribution in [2.24, 2.45) is 0 Å². The molecule has 0 radical (unpaired) electrons. The van der Waals surface area contributed by atoms with Crippen LogP contribution >= 0.6 is 0 Å². The van der Waals surface area contributed by atoms with Crippen molar-refractivity contribution in [1.29, 1.82) is 0 Å². The average Bonchev–Trinajstić information content (AvgIpc) is 2.97. The van der Waals surface area contributed by atoms with Gasteiger partial charge >= 0.3 is 6.18 Å². The molecule has 1 atom stereocenters. The minimum absolute atomic E-state index is 0.0848. The average molecular weight is 592 g/mol. The van der Waals surface area contributed by atoms with Crippen LogP contribution in [0.2, 0.25) is 0 Å². The molecule has 3 aromatic rings. The molecule has 8 nitrogen and oxygen atoms in total. The summed E-state index contributed by atoms with van der Waals surface area (Å²) in [7, 11) is -3.01. The highest BCUT2D eigenvalue weighted by molar-refractivity contribution is 7.92. The number of hydrogen-bond acceptors (Lipinski definition) is 5. The van der Waals surface area contributed by atoms with Gasteiger partial charge in [0.05, 0.1) is 23.3 Å². The lowest BCUT2D eigenvalue weighted by Crippen LogP contribution is -2.51. The van der Waals surface area contributed by atoms with Gasteiger partial charge in [-0.25, -0.2) is 8.42 Å². The monoisotopic (exact) mass is 591 g/mol. The highest BCUT2D eigenvalue weighted by Gasteiger charge is 2.35. The van der Waals surface area contributed by atoms with E-state index in [9.17, 15) is 31.2 Å². The molecular formula is C29H32F3N3O5S. The summed E-state index contributed by atoms with van der Waals surface area (Å²) in [5.74, 6) is -0.737. The van der Waals surface area contributed by atoms with E-state index in [1.54, 1.807) is 30.3 Å². The van der Waals surface area contributed by atoms with E-state index in [1.165, 1.54) is 49.3 Å². The van der Waals surface area contributed by atoms with E-state index in [2.05, 4.69) is 5.32 Å². The zero-order valence-corrected chi connectivity index (χ0v) is 23.7. The molecule has 3 rings (SSSR count). The summed E-state index contributed by atoms with van der Waals surface area (Å²) < 4.78 is 74.0. The maximum absolute atomic E-state index is 13.9. The maximum Gasteiger partial charge on any atom is 0.416 e. The Morgan fingerprint density at radius 3 is 2.29 bits per heavy atom. The van der Waals surface area contributed by atoms with E-state index >= 15 is 0 Å². The lowest BCUT2D eigenvalue weighted by atomic mass is 10.1. The molecule has 12 heteroatoms. The van der Waals surface area contributed by atoms with Crippen molar-refractivity contribution in [3.63, 3.8) is 0 Å². The van der Waals surface area contributed by atoms with Gasteiger partial charge in [-0.1, -0.05) is 43.3 Å². The van der Waals surface area contributed by atoms with Gasteiger partial charge in [0.1, 0.15) is 18.3 Å². The number of anilines is 1. The summed E-state index contributed by atoms with van der Waals surface area (Å²) in [6.45, 7) is 2.80. The van der Waals surface area contributed by atoms with Gasteiger partial charge in [-0.15, -0.1) is 0 Å². The number of alkyl halides is 3. The van der Waals surface area contributed by atoms with Gasteiger partial charge in [-0.3, -0.25) is 13.9 Å². The molecule has 0 aliphatic carbocycles. The van der Waals surface area contributed by atoms with E-state index in [1.807, 2.05) is 6.92 Å². The number of hydrogen-bond donors (Lipinski definition) is 1. The van der Waals surface area contributed by atoms with Crippen molar-refractivity contribution < 1.29 is 35.9 Å². The van der Waals surface area contributed by atoms with Crippen molar-refractivity contribution >= 4 is 27.5 Å². The lowest BCUT2D eigenvalue weighted by Gasteiger charge is -2.32. The number of rotatable bonds is 12. The van der Waals surface area contributed by atoms with Gasteiger partial charge in [-0.2, -0.15) is 13.2 Å². The van der Waals surface area contributed by atoms with Gasteiger partial charge in [0, 0.05) is 13.1 Å². The first-order valence-corrected chi connectivity index (χ1v) is 14.3. The van der Waals surface area contributed by atoms with Gasteiger partial charge in [0.15, 0.2) is 0 Å². The molecule has 0 aliphatic rings. The first kappa shape index (κ1) is 31.5. The summed E-state index contributed by atoms with van der Waals surface area (Å²) in [5, 5.41) is 2.73. The molecule has 0 aliphatic heterocycles. The molecule has 1 N–H and O–H groups in total. The lowest BCUT2D eigenvalue weighted by molar-refractivity contribution is -0.139. The van der Waals surface area contributed by atoms with Gasteiger partial charge < -0.3 is 15.0 Å². The second-order valence-corrected chi connectivity index (χ2v) is 11.1. The molecule has 0 bridgehead atoms. The van der Waals surface area contributed by atoms with Crippen molar-refractivity contribution in [2.75, 3.05) is 24.5 Å². The molecule has 220 valence electrons. The van der Waals surface area contributed by atoms with Gasteiger partial charge in [-0.05, 0) is 61.4 Å². The fourth-order valence-electron chi connectivity index (χ4n) is 4.03. The molecule has 0 aromatic heterocycles. The number of benzene rings is 3. The normalized spacial score (nSPS) is 12.3. The summed E-state index contributed by atoms with van der Waals surface area (Å²) in [4.78, 5) is 27.7. The van der Waals surface area contributed by atoms with Crippen LogP contribution in [0, 0.1) is 0 Å². The van der Waals surface area contributed by atoms with Crippen LogP contribution in [0.1, 0.15) is 31.4 Å². The number of carbonyl (C=O) groups is 2. The van der Waals surface area contributed by atoms with Gasteiger partial charge in [0.25, 0.3) is 10.0 Å². The van der Waals surface area contributed by atoms with Crippen LogP contribution in [0.25, 0.3) is 0 Å². The highest BCUT2D eigenvalue weighted by atomic mass is 32.2. The van der Waals surface area contributed by atoms with Crippen LogP contribution in [0.4, 0.5) is 18.9 Å². The van der Waals surface area contributed by atoms with E-state index < -0.39 is 46.2 Å². The van der Waals surface area contributed by atoms with E-state index in [4.69, 9.17) is 4.74 Å². The zero-order valence-electron chi connectivity index (χ0n) is 22.9. The van der Waals surface area contributed by atoms with Crippen molar-refractivity contribution in [3.8, 4) is 5.75 Å². The van der Waals surface area contributed by atoms with E-state index in [-0.39, 0.29) is 17.1 Å². The predicted molar refractivity (Wildman–Crippen MR) is 149 cm³/mol. The second kappa shape index (κ2) is 13.5. The van der Waals surface area contributed by atoms with Crippen LogP contribution < -0.4 is 14.4 Å². The third-order valence-electron chi connectivity index (χ3n) is 6.28. The molecule has 0 fully saturated rings. The molecule has 0 spiro atoms. The molecule has 0 saturated carbocycles. The topological polar surface area (TPSA) is 96.0 Å². The number of methoxy groups -OCH3 is 1. The second-order valence-electron chi connectivity index (χ2n) is 9.21. The Hall–Kier alpha value is -4.06. The number of nitrogens with one attached hydrogen (secondary N) is 1. The molecule has 0 saturated heterocycles. The van der Waals surface area contributed by atoms with Crippen LogP contribution in [-0.4, -0.2) is 51.4 Å². The smallest absolute Gasteiger partial charge is 0.416 e. The van der Waals surface area contributed by atoms with Crippen LogP contribution in [-0.2, 0) is 32.3 Å². The third-order valence-corrected chi connectivity index (χ3v) is 8.06. The quantitative estimate of drug-likeness (QED) is 0.325. The standard InChI is InChI=1S/C29H32F3N3O5S/c1-4-16-33-28(37)21(2)34(19-22-10-8-13-25(17-22)40-3)27(36)20-35(41(38,39)26-14-6-5-7-15-26)24-12-9-11-23(18-24)29(30,31)32/h5-15,17-18,21H,4,16,19-20H2,1-3H3,(H,33,37)/t21-/m1/s1. The highest BCUT2D eigenvalue weighted by Crippen LogP contribution is 2.33. The number of carbonyl (C=O) groups excluding carboxylic acids is 2. The predicted octanol–water partition coefficient (Wildman–Crippen LogP) is 4.85. The summed E-state index contributed by atoms with van der Waals surface area (Å²) in [5.41, 5.74) is -0.818. The Balaban J connectivity index is 2.07. The summed E-state index contributed by atoms with van der Waals surface area (Å²) in [6, 6.07) is 16.6. The van der Waals surface area contributed by atoms with Crippen molar-refractivity contribution in [3.05, 3.63) is 90.0 Å². The van der Waals surface area contributed by atoms with Crippen LogP contribution in [0.15, 0.2) is 83.8 Å². The fourth-order valence-corrected chi connectivity index (χ4v) is 5.46. The van der Waals surface area contributed by atoms with Crippen molar-refractivity contribution in [1.82, 2.24) is 10.2 Å². The minimum Gasteiger partial charge on any atom is -0.497 e. The Morgan fingerprint density at radius 1 is 0.976 bits per heavy atom. The number of ether oxygens (including phenoxy) is 1. The SMILES string of the molecule is CCCNC(=O)[C@@H](C)N(Cc1cccc(OC)c1)C(=O)CN(c1cccc(C(F)(F)F)c1)S(=O)(=O)c1ccccc1. The summed E-state index contributed by atoms with van der Waals surface area (Å²) >= 11 is 0. The number of amides is 2.